The molecule has 0 aromatic heterocycles. The number of benzene rings is 3. The quantitative estimate of drug-likeness (QED) is 0.565. The summed E-state index contributed by atoms with van der Waals surface area (Å²) < 4.78 is 6.15. The maximum Gasteiger partial charge on any atom is 0.124 e. The van der Waals surface area contributed by atoms with E-state index in [9.17, 15) is 0 Å². The fraction of sp³-hybridized carbons (Fsp3) is 0.273. The Kier molecular flexibility index (Phi) is 5.95. The molecule has 130 valence electrons. The third-order valence-corrected chi connectivity index (χ3v) is 4.80. The summed E-state index contributed by atoms with van der Waals surface area (Å²) in [5, 5.41) is 6.81. The Labute approximate surface area is 154 Å². The second-order valence-corrected chi connectivity index (χ2v) is 6.81. The molecule has 3 aromatic carbocycles. The Hall–Kier alpha value is -2.03. The summed E-state index contributed by atoms with van der Waals surface area (Å²) in [5.74, 6) is 0.935. The van der Waals surface area contributed by atoms with Crippen LogP contribution >= 0.6 is 11.6 Å². The molecule has 0 spiro atoms. The lowest BCUT2D eigenvalue weighted by molar-refractivity contribution is 0.302. The van der Waals surface area contributed by atoms with Gasteiger partial charge in [0.2, 0.25) is 0 Å². The van der Waals surface area contributed by atoms with Crippen LogP contribution in [0.1, 0.15) is 31.4 Å². The van der Waals surface area contributed by atoms with Gasteiger partial charge in [-0.1, -0.05) is 61.0 Å². The van der Waals surface area contributed by atoms with Crippen LogP contribution in [-0.2, 0) is 13.2 Å². The summed E-state index contributed by atoms with van der Waals surface area (Å²) in [6.45, 7) is 5.73. The smallest absolute Gasteiger partial charge is 0.124 e. The molecule has 3 rings (SSSR count). The monoisotopic (exact) mass is 353 g/mol. The summed E-state index contributed by atoms with van der Waals surface area (Å²) in [4.78, 5) is 0. The Bertz CT molecular complexity index is 829. The first-order valence-electron chi connectivity index (χ1n) is 8.78. The molecule has 0 fully saturated rings. The molecule has 0 amide bonds. The molecule has 0 radical (unpaired) electrons. The lowest BCUT2D eigenvalue weighted by Gasteiger charge is -2.17. The van der Waals surface area contributed by atoms with Crippen LogP contribution in [-0.4, -0.2) is 6.04 Å². The molecule has 1 atom stereocenters. The predicted molar refractivity (Wildman–Crippen MR) is 106 cm³/mol. The number of rotatable bonds is 7. The first kappa shape index (κ1) is 17.8. The molecule has 3 heteroatoms. The van der Waals surface area contributed by atoms with E-state index in [1.165, 1.54) is 16.3 Å². The van der Waals surface area contributed by atoms with Crippen molar-refractivity contribution >= 4 is 22.4 Å². The topological polar surface area (TPSA) is 21.3 Å². The largest absolute Gasteiger partial charge is 0.489 e. The van der Waals surface area contributed by atoms with Gasteiger partial charge in [0.1, 0.15) is 12.4 Å². The minimum absolute atomic E-state index is 0.475. The summed E-state index contributed by atoms with van der Waals surface area (Å²) in [5.41, 5.74) is 2.32. The fourth-order valence-electron chi connectivity index (χ4n) is 2.80. The van der Waals surface area contributed by atoms with Gasteiger partial charge in [-0.05, 0) is 47.9 Å². The number of ether oxygens (including phenoxy) is 1. The van der Waals surface area contributed by atoms with E-state index >= 15 is 0 Å². The Balaban J connectivity index is 1.86. The van der Waals surface area contributed by atoms with E-state index in [1.807, 2.05) is 24.3 Å². The second-order valence-electron chi connectivity index (χ2n) is 6.37. The highest BCUT2D eigenvalue weighted by atomic mass is 35.5. The van der Waals surface area contributed by atoms with Crippen molar-refractivity contribution in [2.45, 2.75) is 39.5 Å². The minimum atomic E-state index is 0.475. The average molecular weight is 354 g/mol. The van der Waals surface area contributed by atoms with Gasteiger partial charge in [0, 0.05) is 23.2 Å². The highest BCUT2D eigenvalue weighted by Gasteiger charge is 2.10. The first-order chi connectivity index (χ1) is 12.2. The van der Waals surface area contributed by atoms with Gasteiger partial charge in [-0.25, -0.2) is 0 Å². The lowest BCUT2D eigenvalue weighted by atomic mass is 10.0. The zero-order chi connectivity index (χ0) is 17.6. The summed E-state index contributed by atoms with van der Waals surface area (Å²) in [7, 11) is 0. The lowest BCUT2D eigenvalue weighted by Crippen LogP contribution is -2.24. The molecule has 0 saturated heterocycles. The molecule has 0 bridgehead atoms. The molecular formula is C22H24ClNO. The Morgan fingerprint density at radius 3 is 2.52 bits per heavy atom. The summed E-state index contributed by atoms with van der Waals surface area (Å²) in [6.07, 6.45) is 1.10. The van der Waals surface area contributed by atoms with Crippen molar-refractivity contribution < 1.29 is 4.74 Å². The van der Waals surface area contributed by atoms with Crippen molar-refractivity contribution in [3.8, 4) is 5.75 Å². The molecule has 1 unspecified atom stereocenters. The van der Waals surface area contributed by atoms with Crippen molar-refractivity contribution in [2.75, 3.05) is 0 Å². The highest BCUT2D eigenvalue weighted by molar-refractivity contribution is 6.30. The van der Waals surface area contributed by atoms with E-state index in [0.29, 0.717) is 12.6 Å². The van der Waals surface area contributed by atoms with Crippen molar-refractivity contribution in [1.29, 1.82) is 0 Å². The van der Waals surface area contributed by atoms with Crippen LogP contribution in [0.5, 0.6) is 5.75 Å². The molecule has 0 saturated carbocycles. The predicted octanol–water partition coefficient (Wildman–Crippen LogP) is 5.96. The van der Waals surface area contributed by atoms with Crippen molar-refractivity contribution in [3.05, 3.63) is 76.8 Å². The highest BCUT2D eigenvalue weighted by Crippen LogP contribution is 2.29. The average Bonchev–Trinajstić information content (AvgIpc) is 2.65. The van der Waals surface area contributed by atoms with Gasteiger partial charge in [0.15, 0.2) is 0 Å². The summed E-state index contributed by atoms with van der Waals surface area (Å²) >= 11 is 5.95. The van der Waals surface area contributed by atoms with Crippen LogP contribution in [0, 0.1) is 0 Å². The molecule has 0 aliphatic heterocycles. The normalized spacial score (nSPS) is 12.3. The van der Waals surface area contributed by atoms with Gasteiger partial charge in [0.05, 0.1) is 0 Å². The van der Waals surface area contributed by atoms with Gasteiger partial charge < -0.3 is 10.1 Å². The third kappa shape index (κ3) is 4.53. The van der Waals surface area contributed by atoms with Crippen LogP contribution in [0.3, 0.4) is 0 Å². The number of halogens is 1. The van der Waals surface area contributed by atoms with Gasteiger partial charge >= 0.3 is 0 Å². The maximum absolute atomic E-state index is 6.15. The molecule has 25 heavy (non-hydrogen) atoms. The van der Waals surface area contributed by atoms with Crippen molar-refractivity contribution in [3.63, 3.8) is 0 Å². The van der Waals surface area contributed by atoms with Crippen LogP contribution in [0.2, 0.25) is 5.02 Å². The number of hydrogen-bond donors (Lipinski definition) is 1. The molecular weight excluding hydrogens is 330 g/mol. The number of fused-ring (bicyclic) bond motifs is 1. The standard InChI is InChI=1S/C22H24ClNO/c1-3-16(2)24-14-21-20-7-5-4-6-18(20)10-13-22(21)25-15-17-8-11-19(23)12-9-17/h4-13,16,24H,3,14-15H2,1-2H3. The molecule has 0 aliphatic carbocycles. The minimum Gasteiger partial charge on any atom is -0.489 e. The first-order valence-corrected chi connectivity index (χ1v) is 9.16. The van der Waals surface area contributed by atoms with Crippen LogP contribution in [0.25, 0.3) is 10.8 Å². The van der Waals surface area contributed by atoms with E-state index in [-0.39, 0.29) is 0 Å². The van der Waals surface area contributed by atoms with Gasteiger partial charge in [-0.15, -0.1) is 0 Å². The van der Waals surface area contributed by atoms with Crippen LogP contribution < -0.4 is 10.1 Å². The van der Waals surface area contributed by atoms with Gasteiger partial charge in [0.25, 0.3) is 0 Å². The Morgan fingerprint density at radius 2 is 1.76 bits per heavy atom. The van der Waals surface area contributed by atoms with Crippen LogP contribution in [0.15, 0.2) is 60.7 Å². The van der Waals surface area contributed by atoms with E-state index < -0.39 is 0 Å². The summed E-state index contributed by atoms with van der Waals surface area (Å²) in [6, 6.07) is 20.9. The van der Waals surface area contributed by atoms with Crippen molar-refractivity contribution in [1.82, 2.24) is 5.32 Å². The molecule has 2 nitrogen and oxygen atoms in total. The van der Waals surface area contributed by atoms with Gasteiger partial charge in [-0.2, -0.15) is 0 Å². The molecule has 3 aromatic rings. The third-order valence-electron chi connectivity index (χ3n) is 4.54. The maximum atomic E-state index is 6.15. The molecule has 0 heterocycles. The van der Waals surface area contributed by atoms with E-state index in [1.54, 1.807) is 0 Å². The van der Waals surface area contributed by atoms with E-state index in [4.69, 9.17) is 16.3 Å². The van der Waals surface area contributed by atoms with Crippen LogP contribution in [0.4, 0.5) is 0 Å². The van der Waals surface area contributed by atoms with E-state index in [0.717, 1.165) is 29.3 Å². The Morgan fingerprint density at radius 1 is 1.00 bits per heavy atom. The van der Waals surface area contributed by atoms with Gasteiger partial charge in [-0.3, -0.25) is 0 Å². The number of nitrogens with one attached hydrogen (secondary N) is 1. The number of hydrogen-bond acceptors (Lipinski definition) is 2. The SMILES string of the molecule is CCC(C)NCc1c(OCc2ccc(Cl)cc2)ccc2ccccc12. The fourth-order valence-corrected chi connectivity index (χ4v) is 2.92. The van der Waals surface area contributed by atoms with E-state index in [2.05, 4.69) is 55.6 Å². The molecule has 1 N–H and O–H groups in total. The zero-order valence-corrected chi connectivity index (χ0v) is 15.5. The zero-order valence-electron chi connectivity index (χ0n) is 14.8. The van der Waals surface area contributed by atoms with Crippen molar-refractivity contribution in [2.24, 2.45) is 0 Å². The second kappa shape index (κ2) is 8.37. The molecule has 0 aliphatic rings.